The Morgan fingerprint density at radius 3 is 2.89 bits per heavy atom. The first kappa shape index (κ1) is 13.8. The van der Waals surface area contributed by atoms with Gasteiger partial charge in [-0.3, -0.25) is 9.78 Å². The molecule has 0 fully saturated rings. The standard InChI is InChI=1S/C11H13N3O3S2/c1-19(16,17)6-5-14-11(15)10-8(12)9-7(18-10)3-2-4-13-9/h2-4H,5-6,12H2,1H3,(H,14,15). The van der Waals surface area contributed by atoms with Crippen LogP contribution in [0.25, 0.3) is 10.2 Å². The topological polar surface area (TPSA) is 102 Å². The molecule has 6 nitrogen and oxygen atoms in total. The minimum atomic E-state index is -3.09. The molecule has 0 aliphatic heterocycles. The molecule has 8 heteroatoms. The molecule has 0 aliphatic carbocycles. The van der Waals surface area contributed by atoms with Crippen LogP contribution in [0, 0.1) is 0 Å². The lowest BCUT2D eigenvalue weighted by Crippen LogP contribution is -2.28. The van der Waals surface area contributed by atoms with Crippen molar-refractivity contribution in [3.05, 3.63) is 23.2 Å². The number of anilines is 1. The average Bonchev–Trinajstić information content (AvgIpc) is 2.66. The van der Waals surface area contributed by atoms with Crippen LogP contribution in [0.4, 0.5) is 5.69 Å². The smallest absolute Gasteiger partial charge is 0.263 e. The summed E-state index contributed by atoms with van der Waals surface area (Å²) in [5.74, 6) is -0.467. The average molecular weight is 299 g/mol. The van der Waals surface area contributed by atoms with Crippen LogP contribution in [0.15, 0.2) is 18.3 Å². The molecule has 1 amide bonds. The molecule has 0 atom stereocenters. The number of hydrogen-bond donors (Lipinski definition) is 2. The molecular weight excluding hydrogens is 286 g/mol. The van der Waals surface area contributed by atoms with Crippen LogP contribution in [-0.2, 0) is 9.84 Å². The fourth-order valence-electron chi connectivity index (χ4n) is 1.55. The van der Waals surface area contributed by atoms with Gasteiger partial charge in [0.1, 0.15) is 20.2 Å². The number of fused-ring (bicyclic) bond motifs is 1. The van der Waals surface area contributed by atoms with E-state index in [1.54, 1.807) is 12.3 Å². The van der Waals surface area contributed by atoms with Gasteiger partial charge < -0.3 is 11.1 Å². The second-order valence-electron chi connectivity index (χ2n) is 4.08. The summed E-state index contributed by atoms with van der Waals surface area (Å²) >= 11 is 1.24. The van der Waals surface area contributed by atoms with Crippen molar-refractivity contribution in [2.75, 3.05) is 24.3 Å². The lowest BCUT2D eigenvalue weighted by Gasteiger charge is -2.02. The number of carbonyl (C=O) groups excluding carboxylic acids is 1. The highest BCUT2D eigenvalue weighted by molar-refractivity contribution is 7.90. The SMILES string of the molecule is CS(=O)(=O)CCNC(=O)c1sc2cccnc2c1N. The maximum absolute atomic E-state index is 11.9. The number of nitrogen functional groups attached to an aromatic ring is 1. The van der Waals surface area contributed by atoms with Gasteiger partial charge in [-0.1, -0.05) is 0 Å². The molecule has 3 N–H and O–H groups in total. The third-order valence-electron chi connectivity index (χ3n) is 2.45. The normalized spacial score (nSPS) is 11.6. The lowest BCUT2D eigenvalue weighted by atomic mass is 10.3. The fourth-order valence-corrected chi connectivity index (χ4v) is 3.02. The van der Waals surface area contributed by atoms with E-state index in [-0.39, 0.29) is 18.2 Å². The molecule has 0 unspecified atom stereocenters. The molecule has 0 bridgehead atoms. The number of nitrogens with one attached hydrogen (secondary N) is 1. The number of thiophene rings is 1. The summed E-state index contributed by atoms with van der Waals surface area (Å²) in [6.45, 7) is 0.0682. The Hall–Kier alpha value is -1.67. The Balaban J connectivity index is 2.16. The largest absolute Gasteiger partial charge is 0.396 e. The van der Waals surface area contributed by atoms with Gasteiger partial charge in [-0.15, -0.1) is 11.3 Å². The number of nitrogens with zero attached hydrogens (tertiary/aromatic N) is 1. The molecule has 2 heterocycles. The van der Waals surface area contributed by atoms with Crippen LogP contribution < -0.4 is 11.1 Å². The number of carbonyl (C=O) groups is 1. The van der Waals surface area contributed by atoms with Gasteiger partial charge in [-0.2, -0.15) is 0 Å². The molecule has 0 aliphatic rings. The first-order valence-electron chi connectivity index (χ1n) is 5.47. The Bertz CT molecular complexity index is 722. The first-order chi connectivity index (χ1) is 8.88. The van der Waals surface area contributed by atoms with Crippen LogP contribution in [0.2, 0.25) is 0 Å². The van der Waals surface area contributed by atoms with Gasteiger partial charge in [0, 0.05) is 19.0 Å². The second-order valence-corrected chi connectivity index (χ2v) is 7.39. The van der Waals surface area contributed by atoms with Gasteiger partial charge in [0.2, 0.25) is 0 Å². The van der Waals surface area contributed by atoms with Crippen LogP contribution in [0.5, 0.6) is 0 Å². The van der Waals surface area contributed by atoms with Gasteiger partial charge in [0.25, 0.3) is 5.91 Å². The van der Waals surface area contributed by atoms with E-state index < -0.39 is 9.84 Å². The molecule has 0 aromatic carbocycles. The zero-order valence-corrected chi connectivity index (χ0v) is 11.8. The number of hydrogen-bond acceptors (Lipinski definition) is 6. The molecule has 2 aromatic heterocycles. The number of amides is 1. The van der Waals surface area contributed by atoms with Crippen LogP contribution in [-0.4, -0.2) is 37.9 Å². The van der Waals surface area contributed by atoms with Crippen molar-refractivity contribution in [1.82, 2.24) is 10.3 Å². The zero-order chi connectivity index (χ0) is 14.0. The van der Waals surface area contributed by atoms with E-state index in [1.165, 1.54) is 11.3 Å². The van der Waals surface area contributed by atoms with E-state index in [2.05, 4.69) is 10.3 Å². The number of aromatic nitrogens is 1. The van der Waals surface area contributed by atoms with Crippen LogP contribution >= 0.6 is 11.3 Å². The van der Waals surface area contributed by atoms with Gasteiger partial charge >= 0.3 is 0 Å². The predicted molar refractivity (Wildman–Crippen MR) is 76.1 cm³/mol. The zero-order valence-electron chi connectivity index (χ0n) is 10.2. The number of nitrogens with two attached hydrogens (primary N) is 1. The molecule has 102 valence electrons. The quantitative estimate of drug-likeness (QED) is 0.863. The second kappa shape index (κ2) is 5.14. The van der Waals surface area contributed by atoms with Crippen molar-refractivity contribution in [2.24, 2.45) is 0 Å². The Kier molecular flexibility index (Phi) is 3.72. The minimum absolute atomic E-state index is 0.0682. The van der Waals surface area contributed by atoms with Crippen molar-refractivity contribution in [1.29, 1.82) is 0 Å². The maximum atomic E-state index is 11.9. The van der Waals surface area contributed by atoms with Gasteiger partial charge in [-0.25, -0.2) is 8.42 Å². The van der Waals surface area contributed by atoms with Crippen LogP contribution in [0.3, 0.4) is 0 Å². The van der Waals surface area contributed by atoms with Crippen molar-refractivity contribution in [2.45, 2.75) is 0 Å². The summed E-state index contributed by atoms with van der Waals surface area (Å²) in [7, 11) is -3.09. The van der Waals surface area contributed by atoms with E-state index >= 15 is 0 Å². The van der Waals surface area contributed by atoms with Crippen molar-refractivity contribution in [3.63, 3.8) is 0 Å². The van der Waals surface area contributed by atoms with Crippen molar-refractivity contribution >= 4 is 43.0 Å². The predicted octanol–water partition coefficient (Wildman–Crippen LogP) is 0.653. The highest BCUT2D eigenvalue weighted by Crippen LogP contribution is 2.31. The Labute approximate surface area is 114 Å². The summed E-state index contributed by atoms with van der Waals surface area (Å²) < 4.78 is 22.8. The molecule has 0 saturated heterocycles. The van der Waals surface area contributed by atoms with Gasteiger partial charge in [0.05, 0.1) is 16.1 Å². The van der Waals surface area contributed by atoms with Gasteiger partial charge in [0.15, 0.2) is 0 Å². The molecule has 19 heavy (non-hydrogen) atoms. The molecule has 2 rings (SSSR count). The summed E-state index contributed by atoms with van der Waals surface area (Å²) in [6, 6.07) is 3.60. The fraction of sp³-hybridized carbons (Fsp3) is 0.273. The Morgan fingerprint density at radius 1 is 1.53 bits per heavy atom. The van der Waals surface area contributed by atoms with Crippen LogP contribution in [0.1, 0.15) is 9.67 Å². The van der Waals surface area contributed by atoms with E-state index in [4.69, 9.17) is 5.73 Å². The summed E-state index contributed by atoms with van der Waals surface area (Å²) in [5, 5.41) is 2.54. The van der Waals surface area contributed by atoms with E-state index in [9.17, 15) is 13.2 Å². The number of pyridine rings is 1. The van der Waals surface area contributed by atoms with Gasteiger partial charge in [-0.05, 0) is 12.1 Å². The highest BCUT2D eigenvalue weighted by atomic mass is 32.2. The maximum Gasteiger partial charge on any atom is 0.263 e. The third-order valence-corrected chi connectivity index (χ3v) is 4.55. The van der Waals surface area contributed by atoms with Crippen molar-refractivity contribution in [3.8, 4) is 0 Å². The minimum Gasteiger partial charge on any atom is -0.396 e. The number of rotatable bonds is 4. The Morgan fingerprint density at radius 2 is 2.26 bits per heavy atom. The summed E-state index contributed by atoms with van der Waals surface area (Å²) in [6.07, 6.45) is 2.73. The third kappa shape index (κ3) is 3.21. The number of sulfone groups is 1. The molecule has 0 radical (unpaired) electrons. The van der Waals surface area contributed by atoms with E-state index in [1.807, 2.05) is 6.07 Å². The first-order valence-corrected chi connectivity index (χ1v) is 8.35. The van der Waals surface area contributed by atoms with E-state index in [0.717, 1.165) is 11.0 Å². The lowest BCUT2D eigenvalue weighted by molar-refractivity contribution is 0.0961. The monoisotopic (exact) mass is 299 g/mol. The molecule has 2 aromatic rings. The molecule has 0 saturated carbocycles. The highest BCUT2D eigenvalue weighted by Gasteiger charge is 2.17. The molecular formula is C11H13N3O3S2. The summed E-state index contributed by atoms with van der Waals surface area (Å²) in [4.78, 5) is 16.4. The van der Waals surface area contributed by atoms with E-state index in [0.29, 0.717) is 16.1 Å². The summed E-state index contributed by atoms with van der Waals surface area (Å²) in [5.41, 5.74) is 6.80. The van der Waals surface area contributed by atoms with Crippen molar-refractivity contribution < 1.29 is 13.2 Å². The molecule has 0 spiro atoms.